The summed E-state index contributed by atoms with van der Waals surface area (Å²) in [5.74, 6) is 0.467. The van der Waals surface area contributed by atoms with Crippen LogP contribution in [0.1, 0.15) is 11.1 Å². The summed E-state index contributed by atoms with van der Waals surface area (Å²) in [5.41, 5.74) is 3.42. The van der Waals surface area contributed by atoms with E-state index >= 15 is 0 Å². The highest BCUT2D eigenvalue weighted by Crippen LogP contribution is 2.18. The Kier molecular flexibility index (Phi) is 6.22. The van der Waals surface area contributed by atoms with Gasteiger partial charge >= 0.3 is 0 Å². The van der Waals surface area contributed by atoms with Crippen molar-refractivity contribution in [1.82, 2.24) is 14.9 Å². The average molecular weight is 377 g/mol. The van der Waals surface area contributed by atoms with E-state index in [1.54, 1.807) is 0 Å². The normalized spacial score (nSPS) is 10.5. The molecule has 0 fully saturated rings. The first-order valence-corrected chi connectivity index (χ1v) is 9.11. The second-order valence-electron chi connectivity index (χ2n) is 6.58. The molecule has 0 aliphatic rings. The molecule has 0 aliphatic heterocycles. The molecule has 144 valence electrons. The molecule has 1 aromatic heterocycles. The summed E-state index contributed by atoms with van der Waals surface area (Å²) in [5, 5.41) is 2.76. The lowest BCUT2D eigenvalue weighted by Crippen LogP contribution is -2.33. The zero-order valence-electron chi connectivity index (χ0n) is 16.0. The Hall–Kier alpha value is -3.41. The predicted octanol–water partition coefficient (Wildman–Crippen LogP) is 2.72. The number of rotatable bonds is 7. The summed E-state index contributed by atoms with van der Waals surface area (Å²) in [4.78, 5) is 28.6. The Morgan fingerprint density at radius 1 is 1.11 bits per heavy atom. The lowest BCUT2D eigenvalue weighted by atomic mass is 10.1. The van der Waals surface area contributed by atoms with Crippen molar-refractivity contribution < 1.29 is 9.53 Å². The maximum absolute atomic E-state index is 12.3. The molecule has 6 nitrogen and oxygen atoms in total. The standard InChI is InChI=1S/C22H23N3O3/c1-16-8-9-17(2)20(12-16)28-14-21(26)23-10-11-25-15-24-19(13-22(25)27)18-6-4-3-5-7-18/h3-9,12-13,15H,10-11,14H2,1-2H3,(H,23,26). The summed E-state index contributed by atoms with van der Waals surface area (Å²) in [7, 11) is 0. The fraction of sp³-hybridized carbons (Fsp3) is 0.227. The van der Waals surface area contributed by atoms with Crippen LogP contribution in [0.15, 0.2) is 65.7 Å². The van der Waals surface area contributed by atoms with Gasteiger partial charge in [-0.25, -0.2) is 4.98 Å². The highest BCUT2D eigenvalue weighted by atomic mass is 16.5. The minimum atomic E-state index is -0.234. The number of carbonyl (C=O) groups excluding carboxylic acids is 1. The molecule has 3 rings (SSSR count). The van der Waals surface area contributed by atoms with Crippen molar-refractivity contribution in [1.29, 1.82) is 0 Å². The molecule has 1 N–H and O–H groups in total. The Morgan fingerprint density at radius 3 is 2.64 bits per heavy atom. The number of hydrogen-bond acceptors (Lipinski definition) is 4. The van der Waals surface area contributed by atoms with Gasteiger partial charge in [0.05, 0.1) is 12.0 Å². The Labute approximate surface area is 163 Å². The van der Waals surface area contributed by atoms with Gasteiger partial charge in [0.15, 0.2) is 6.61 Å². The van der Waals surface area contributed by atoms with Crippen LogP contribution in [-0.2, 0) is 11.3 Å². The molecule has 0 radical (unpaired) electrons. The SMILES string of the molecule is Cc1ccc(C)c(OCC(=O)NCCn2cnc(-c3ccccc3)cc2=O)c1. The number of aryl methyl sites for hydroxylation is 2. The van der Waals surface area contributed by atoms with Gasteiger partial charge < -0.3 is 10.1 Å². The molecule has 28 heavy (non-hydrogen) atoms. The van der Waals surface area contributed by atoms with Crippen LogP contribution in [0, 0.1) is 13.8 Å². The number of nitrogens with one attached hydrogen (secondary N) is 1. The minimum Gasteiger partial charge on any atom is -0.483 e. The van der Waals surface area contributed by atoms with Crippen LogP contribution in [0.2, 0.25) is 0 Å². The fourth-order valence-corrected chi connectivity index (χ4v) is 2.73. The number of nitrogens with zero attached hydrogens (tertiary/aromatic N) is 2. The third-order valence-electron chi connectivity index (χ3n) is 4.33. The summed E-state index contributed by atoms with van der Waals surface area (Å²) in [6, 6.07) is 16.9. The van der Waals surface area contributed by atoms with Gasteiger partial charge in [0.2, 0.25) is 0 Å². The molecule has 0 saturated heterocycles. The molecule has 0 atom stereocenters. The highest BCUT2D eigenvalue weighted by molar-refractivity contribution is 5.77. The van der Waals surface area contributed by atoms with E-state index in [4.69, 9.17) is 4.74 Å². The molecule has 0 unspecified atom stereocenters. The number of benzene rings is 2. The maximum Gasteiger partial charge on any atom is 0.258 e. The van der Waals surface area contributed by atoms with Gasteiger partial charge in [-0.05, 0) is 31.0 Å². The molecule has 3 aromatic rings. The largest absolute Gasteiger partial charge is 0.483 e. The van der Waals surface area contributed by atoms with Crippen LogP contribution in [0.25, 0.3) is 11.3 Å². The third-order valence-corrected chi connectivity index (χ3v) is 4.33. The van der Waals surface area contributed by atoms with Gasteiger partial charge in [-0.15, -0.1) is 0 Å². The summed E-state index contributed by atoms with van der Waals surface area (Å²) >= 11 is 0. The molecule has 0 aliphatic carbocycles. The molecular weight excluding hydrogens is 354 g/mol. The fourth-order valence-electron chi connectivity index (χ4n) is 2.73. The molecule has 0 bridgehead atoms. The van der Waals surface area contributed by atoms with Crippen molar-refractivity contribution >= 4 is 5.91 Å². The lowest BCUT2D eigenvalue weighted by Gasteiger charge is -2.11. The van der Waals surface area contributed by atoms with Crippen LogP contribution < -0.4 is 15.6 Å². The molecule has 2 aromatic carbocycles. The van der Waals surface area contributed by atoms with Crippen LogP contribution in [-0.4, -0.2) is 28.6 Å². The summed E-state index contributed by atoms with van der Waals surface area (Å²) in [6.07, 6.45) is 1.50. The lowest BCUT2D eigenvalue weighted by molar-refractivity contribution is -0.123. The van der Waals surface area contributed by atoms with Gasteiger partial charge in [0.25, 0.3) is 11.5 Å². The number of ether oxygens (including phenoxy) is 1. The molecule has 1 amide bonds. The molecule has 0 spiro atoms. The van der Waals surface area contributed by atoms with Crippen LogP contribution in [0.4, 0.5) is 0 Å². The number of hydrogen-bond donors (Lipinski definition) is 1. The van der Waals surface area contributed by atoms with Gasteiger partial charge in [-0.2, -0.15) is 0 Å². The van der Waals surface area contributed by atoms with Crippen molar-refractivity contribution in [3.8, 4) is 17.0 Å². The van der Waals surface area contributed by atoms with Crippen molar-refractivity contribution in [2.45, 2.75) is 20.4 Å². The highest BCUT2D eigenvalue weighted by Gasteiger charge is 2.06. The zero-order valence-corrected chi connectivity index (χ0v) is 16.0. The second-order valence-corrected chi connectivity index (χ2v) is 6.58. The van der Waals surface area contributed by atoms with Crippen molar-refractivity contribution in [2.24, 2.45) is 0 Å². The zero-order chi connectivity index (χ0) is 19.9. The minimum absolute atomic E-state index is 0.0651. The van der Waals surface area contributed by atoms with E-state index in [0.29, 0.717) is 24.5 Å². The van der Waals surface area contributed by atoms with Crippen LogP contribution >= 0.6 is 0 Å². The smallest absolute Gasteiger partial charge is 0.258 e. The first-order valence-electron chi connectivity index (χ1n) is 9.11. The molecule has 6 heteroatoms. The Balaban J connectivity index is 1.50. The number of carbonyl (C=O) groups is 1. The van der Waals surface area contributed by atoms with E-state index in [1.807, 2.05) is 62.4 Å². The topological polar surface area (TPSA) is 73.2 Å². The molecule has 0 saturated carbocycles. The predicted molar refractivity (Wildman–Crippen MR) is 108 cm³/mol. The van der Waals surface area contributed by atoms with E-state index in [2.05, 4.69) is 10.3 Å². The summed E-state index contributed by atoms with van der Waals surface area (Å²) < 4.78 is 7.05. The second kappa shape index (κ2) is 8.99. The monoisotopic (exact) mass is 377 g/mol. The Bertz CT molecular complexity index is 1010. The van der Waals surface area contributed by atoms with E-state index in [9.17, 15) is 9.59 Å². The number of amides is 1. The first-order chi connectivity index (χ1) is 13.5. The van der Waals surface area contributed by atoms with Gasteiger partial charge in [-0.3, -0.25) is 14.2 Å². The van der Waals surface area contributed by atoms with E-state index in [-0.39, 0.29) is 18.1 Å². The van der Waals surface area contributed by atoms with E-state index in [0.717, 1.165) is 16.7 Å². The Morgan fingerprint density at radius 2 is 1.89 bits per heavy atom. The van der Waals surface area contributed by atoms with Crippen molar-refractivity contribution in [3.05, 3.63) is 82.4 Å². The van der Waals surface area contributed by atoms with E-state index < -0.39 is 0 Å². The van der Waals surface area contributed by atoms with Crippen molar-refractivity contribution in [2.75, 3.05) is 13.2 Å². The molecular formula is C22H23N3O3. The third kappa shape index (κ3) is 5.07. The van der Waals surface area contributed by atoms with E-state index in [1.165, 1.54) is 17.0 Å². The maximum atomic E-state index is 12.3. The van der Waals surface area contributed by atoms with Gasteiger partial charge in [0.1, 0.15) is 5.75 Å². The number of aromatic nitrogens is 2. The molecule has 1 heterocycles. The first kappa shape index (κ1) is 19.4. The summed E-state index contributed by atoms with van der Waals surface area (Å²) in [6.45, 7) is 4.51. The van der Waals surface area contributed by atoms with Crippen molar-refractivity contribution in [3.63, 3.8) is 0 Å². The van der Waals surface area contributed by atoms with Gasteiger partial charge in [-0.1, -0.05) is 42.5 Å². The van der Waals surface area contributed by atoms with Gasteiger partial charge in [0, 0.05) is 24.7 Å². The average Bonchev–Trinajstić information content (AvgIpc) is 2.70. The van der Waals surface area contributed by atoms with Crippen LogP contribution in [0.5, 0.6) is 5.75 Å². The van der Waals surface area contributed by atoms with Crippen LogP contribution in [0.3, 0.4) is 0 Å². The quantitative estimate of drug-likeness (QED) is 0.687.